The van der Waals surface area contributed by atoms with Gasteiger partial charge in [-0.15, -0.1) is 11.3 Å². The summed E-state index contributed by atoms with van der Waals surface area (Å²) in [4.78, 5) is 15.6. The molecular formula is C17H20N2OS. The van der Waals surface area contributed by atoms with Crippen molar-refractivity contribution in [2.75, 3.05) is 25.5 Å². The standard InChI is InChI=1S/C17H20N2OS/c1-19(9-8-14-5-4-10-21-14)17(20)11-13-12-18-16-7-3-2-6-15(13)16/h2-7,10,13,18H,8-9,11-12H2,1H3. The fourth-order valence-electron chi connectivity index (χ4n) is 2.76. The fraction of sp³-hybridized carbons (Fsp3) is 0.353. The lowest BCUT2D eigenvalue weighted by Crippen LogP contribution is -2.30. The Hall–Kier alpha value is -1.81. The quantitative estimate of drug-likeness (QED) is 0.918. The normalized spacial score (nSPS) is 16.3. The van der Waals surface area contributed by atoms with Gasteiger partial charge in [-0.2, -0.15) is 0 Å². The van der Waals surface area contributed by atoms with Gasteiger partial charge < -0.3 is 10.2 Å². The van der Waals surface area contributed by atoms with E-state index < -0.39 is 0 Å². The molecule has 3 rings (SSSR count). The van der Waals surface area contributed by atoms with Crippen LogP contribution in [-0.2, 0) is 11.2 Å². The summed E-state index contributed by atoms with van der Waals surface area (Å²) in [5.74, 6) is 0.535. The average Bonchev–Trinajstić information content (AvgIpc) is 3.15. The van der Waals surface area contributed by atoms with E-state index in [0.717, 1.165) is 19.5 Å². The third kappa shape index (κ3) is 3.27. The highest BCUT2D eigenvalue weighted by atomic mass is 32.1. The smallest absolute Gasteiger partial charge is 0.223 e. The highest BCUT2D eigenvalue weighted by Crippen LogP contribution is 2.33. The third-order valence-corrected chi connectivity index (χ3v) is 5.00. The first kappa shape index (κ1) is 14.1. The molecule has 0 bridgehead atoms. The number of fused-ring (bicyclic) bond motifs is 1. The number of para-hydroxylation sites is 1. The number of hydrogen-bond acceptors (Lipinski definition) is 3. The van der Waals surface area contributed by atoms with Crippen LogP contribution < -0.4 is 5.32 Å². The average molecular weight is 300 g/mol. The van der Waals surface area contributed by atoms with Gasteiger partial charge in [0.25, 0.3) is 0 Å². The first-order chi connectivity index (χ1) is 10.2. The molecule has 21 heavy (non-hydrogen) atoms. The lowest BCUT2D eigenvalue weighted by atomic mass is 9.97. The van der Waals surface area contributed by atoms with E-state index in [1.54, 1.807) is 11.3 Å². The minimum atomic E-state index is 0.232. The van der Waals surface area contributed by atoms with Crippen molar-refractivity contribution in [1.29, 1.82) is 0 Å². The summed E-state index contributed by atoms with van der Waals surface area (Å²) >= 11 is 1.75. The highest BCUT2D eigenvalue weighted by Gasteiger charge is 2.25. The number of amides is 1. The van der Waals surface area contributed by atoms with Crippen molar-refractivity contribution in [2.24, 2.45) is 0 Å². The Balaban J connectivity index is 1.54. The second-order valence-corrected chi connectivity index (χ2v) is 6.55. The van der Waals surface area contributed by atoms with Crippen LogP contribution in [0.4, 0.5) is 5.69 Å². The second kappa shape index (κ2) is 6.31. The molecule has 0 radical (unpaired) electrons. The van der Waals surface area contributed by atoms with Gasteiger partial charge in [-0.25, -0.2) is 0 Å². The van der Waals surface area contributed by atoms with Crippen molar-refractivity contribution in [3.63, 3.8) is 0 Å². The Morgan fingerprint density at radius 2 is 2.19 bits per heavy atom. The van der Waals surface area contributed by atoms with E-state index in [0.29, 0.717) is 12.3 Å². The molecule has 110 valence electrons. The predicted octanol–water partition coefficient (Wildman–Crippen LogP) is 3.35. The zero-order valence-electron chi connectivity index (χ0n) is 12.2. The van der Waals surface area contributed by atoms with Gasteiger partial charge in [-0.05, 0) is 29.5 Å². The minimum Gasteiger partial charge on any atom is -0.384 e. The largest absolute Gasteiger partial charge is 0.384 e. The van der Waals surface area contributed by atoms with Crippen LogP contribution in [0.1, 0.15) is 22.8 Å². The van der Waals surface area contributed by atoms with Crippen molar-refractivity contribution in [3.8, 4) is 0 Å². The van der Waals surface area contributed by atoms with Crippen LogP contribution >= 0.6 is 11.3 Å². The SMILES string of the molecule is CN(CCc1cccs1)C(=O)CC1CNc2ccccc21. The maximum atomic E-state index is 12.4. The van der Waals surface area contributed by atoms with Crippen molar-refractivity contribution in [1.82, 2.24) is 4.90 Å². The summed E-state index contributed by atoms with van der Waals surface area (Å²) in [6, 6.07) is 12.5. The Morgan fingerprint density at radius 3 is 3.00 bits per heavy atom. The lowest BCUT2D eigenvalue weighted by Gasteiger charge is -2.19. The zero-order chi connectivity index (χ0) is 14.7. The Bertz CT molecular complexity index is 609. The highest BCUT2D eigenvalue weighted by molar-refractivity contribution is 7.09. The maximum absolute atomic E-state index is 12.4. The monoisotopic (exact) mass is 300 g/mol. The molecule has 2 heterocycles. The summed E-state index contributed by atoms with van der Waals surface area (Å²) in [5.41, 5.74) is 2.45. The summed E-state index contributed by atoms with van der Waals surface area (Å²) in [7, 11) is 1.91. The van der Waals surface area contributed by atoms with Gasteiger partial charge in [-0.3, -0.25) is 4.79 Å². The maximum Gasteiger partial charge on any atom is 0.223 e. The number of benzene rings is 1. The number of anilines is 1. The van der Waals surface area contributed by atoms with Gasteiger partial charge in [0.05, 0.1) is 0 Å². The van der Waals surface area contributed by atoms with E-state index in [1.807, 2.05) is 24.1 Å². The molecule has 1 aliphatic rings. The van der Waals surface area contributed by atoms with Gasteiger partial charge in [0.1, 0.15) is 0 Å². The Kier molecular flexibility index (Phi) is 4.25. The van der Waals surface area contributed by atoms with Crippen LogP contribution in [-0.4, -0.2) is 30.9 Å². The number of carbonyl (C=O) groups is 1. The molecule has 1 aliphatic heterocycles. The van der Waals surface area contributed by atoms with Crippen molar-refractivity contribution in [3.05, 3.63) is 52.2 Å². The van der Waals surface area contributed by atoms with Gasteiger partial charge in [0.2, 0.25) is 5.91 Å². The summed E-state index contributed by atoms with van der Waals surface area (Å²) in [6.07, 6.45) is 1.53. The van der Waals surface area contributed by atoms with E-state index in [2.05, 4.69) is 35.0 Å². The van der Waals surface area contributed by atoms with E-state index >= 15 is 0 Å². The number of rotatable bonds is 5. The Morgan fingerprint density at radius 1 is 1.33 bits per heavy atom. The topological polar surface area (TPSA) is 32.3 Å². The molecule has 0 fully saturated rings. The molecule has 1 amide bonds. The van der Waals surface area contributed by atoms with E-state index in [1.165, 1.54) is 16.1 Å². The molecule has 1 aromatic carbocycles. The van der Waals surface area contributed by atoms with E-state index in [-0.39, 0.29) is 5.91 Å². The lowest BCUT2D eigenvalue weighted by molar-refractivity contribution is -0.130. The predicted molar refractivity (Wildman–Crippen MR) is 87.9 cm³/mol. The van der Waals surface area contributed by atoms with Crippen LogP contribution in [0.2, 0.25) is 0 Å². The van der Waals surface area contributed by atoms with Gasteiger partial charge in [0.15, 0.2) is 0 Å². The number of thiophene rings is 1. The summed E-state index contributed by atoms with van der Waals surface area (Å²) < 4.78 is 0. The van der Waals surface area contributed by atoms with Gasteiger partial charge in [-0.1, -0.05) is 24.3 Å². The second-order valence-electron chi connectivity index (χ2n) is 5.51. The first-order valence-electron chi connectivity index (χ1n) is 7.33. The third-order valence-electron chi connectivity index (χ3n) is 4.06. The van der Waals surface area contributed by atoms with Crippen LogP contribution in [0.15, 0.2) is 41.8 Å². The molecule has 1 aromatic heterocycles. The van der Waals surface area contributed by atoms with Crippen LogP contribution in [0.5, 0.6) is 0 Å². The van der Waals surface area contributed by atoms with Crippen molar-refractivity contribution in [2.45, 2.75) is 18.8 Å². The molecule has 0 saturated carbocycles. The number of nitrogens with zero attached hydrogens (tertiary/aromatic N) is 1. The van der Waals surface area contributed by atoms with Crippen molar-refractivity contribution >= 4 is 22.9 Å². The number of carbonyl (C=O) groups excluding carboxylic acids is 1. The molecule has 2 aromatic rings. The molecule has 3 nitrogen and oxygen atoms in total. The molecular weight excluding hydrogens is 280 g/mol. The summed E-state index contributed by atoms with van der Waals surface area (Å²) in [5, 5.41) is 5.46. The van der Waals surface area contributed by atoms with Crippen molar-refractivity contribution < 1.29 is 4.79 Å². The summed E-state index contributed by atoms with van der Waals surface area (Å²) in [6.45, 7) is 1.66. The number of hydrogen-bond donors (Lipinski definition) is 1. The number of likely N-dealkylation sites (N-methyl/N-ethyl adjacent to an activating group) is 1. The van der Waals surface area contributed by atoms with E-state index in [9.17, 15) is 4.79 Å². The van der Waals surface area contributed by atoms with Gasteiger partial charge in [0, 0.05) is 43.0 Å². The molecule has 4 heteroatoms. The zero-order valence-corrected chi connectivity index (χ0v) is 13.0. The molecule has 0 spiro atoms. The Labute approximate surface area is 129 Å². The molecule has 1 unspecified atom stereocenters. The first-order valence-corrected chi connectivity index (χ1v) is 8.21. The fourth-order valence-corrected chi connectivity index (χ4v) is 3.46. The van der Waals surface area contributed by atoms with Crippen LogP contribution in [0, 0.1) is 0 Å². The van der Waals surface area contributed by atoms with Crippen LogP contribution in [0.25, 0.3) is 0 Å². The van der Waals surface area contributed by atoms with E-state index in [4.69, 9.17) is 0 Å². The minimum absolute atomic E-state index is 0.232. The molecule has 1 atom stereocenters. The van der Waals surface area contributed by atoms with Gasteiger partial charge >= 0.3 is 0 Å². The molecule has 0 saturated heterocycles. The number of nitrogens with one attached hydrogen (secondary N) is 1. The molecule has 0 aliphatic carbocycles. The van der Waals surface area contributed by atoms with Crippen LogP contribution in [0.3, 0.4) is 0 Å². The molecule has 1 N–H and O–H groups in total.